The maximum absolute atomic E-state index is 5.93. The number of hydrogen-bond acceptors (Lipinski definition) is 3. The average Bonchev–Trinajstić information content (AvgIpc) is 3.01. The van der Waals surface area contributed by atoms with Gasteiger partial charge in [-0.2, -0.15) is 4.98 Å². The van der Waals surface area contributed by atoms with Crippen molar-refractivity contribution in [3.8, 4) is 6.01 Å². The summed E-state index contributed by atoms with van der Waals surface area (Å²) in [4.78, 5) is 4.53. The van der Waals surface area contributed by atoms with E-state index in [0.717, 1.165) is 24.2 Å². The van der Waals surface area contributed by atoms with Crippen LogP contribution in [-0.4, -0.2) is 22.7 Å². The summed E-state index contributed by atoms with van der Waals surface area (Å²) in [5.74, 6) is 1.21. The molecule has 2 unspecified atom stereocenters. The molecular formula is C15H21N3O. The molecular weight excluding hydrogens is 238 g/mol. The highest BCUT2D eigenvalue weighted by atomic mass is 16.5. The van der Waals surface area contributed by atoms with Gasteiger partial charge in [0.15, 0.2) is 0 Å². The average molecular weight is 259 g/mol. The molecule has 102 valence electrons. The lowest BCUT2D eigenvalue weighted by Gasteiger charge is -2.17. The van der Waals surface area contributed by atoms with Gasteiger partial charge in [0, 0.05) is 7.05 Å². The highest BCUT2D eigenvalue weighted by molar-refractivity contribution is 5.76. The van der Waals surface area contributed by atoms with Crippen LogP contribution in [0.1, 0.15) is 19.3 Å². The lowest BCUT2D eigenvalue weighted by atomic mass is 9.97. The van der Waals surface area contributed by atoms with E-state index in [2.05, 4.69) is 11.1 Å². The molecule has 1 aromatic carbocycles. The Bertz CT molecular complexity index is 564. The predicted octanol–water partition coefficient (Wildman–Crippen LogP) is 2.33. The molecule has 1 aliphatic carbocycles. The zero-order chi connectivity index (χ0) is 13.2. The molecule has 0 radical (unpaired) electrons. The summed E-state index contributed by atoms with van der Waals surface area (Å²) >= 11 is 0. The Kier molecular flexibility index (Phi) is 3.42. The molecule has 19 heavy (non-hydrogen) atoms. The Morgan fingerprint density at radius 2 is 2.11 bits per heavy atom. The Morgan fingerprint density at radius 1 is 1.32 bits per heavy atom. The molecule has 4 heteroatoms. The minimum absolute atomic E-state index is 0.588. The number of imidazole rings is 1. The van der Waals surface area contributed by atoms with Gasteiger partial charge in [-0.25, -0.2) is 0 Å². The van der Waals surface area contributed by atoms with Crippen LogP contribution in [0.5, 0.6) is 6.01 Å². The van der Waals surface area contributed by atoms with Crippen LogP contribution in [0.15, 0.2) is 24.3 Å². The lowest BCUT2D eigenvalue weighted by molar-refractivity contribution is 0.199. The maximum atomic E-state index is 5.93. The molecule has 3 rings (SSSR count). The highest BCUT2D eigenvalue weighted by Gasteiger charge is 2.27. The zero-order valence-electron chi connectivity index (χ0n) is 11.4. The summed E-state index contributed by atoms with van der Waals surface area (Å²) in [5, 5.41) is 0. The molecule has 1 fully saturated rings. The van der Waals surface area contributed by atoms with E-state index in [4.69, 9.17) is 10.5 Å². The summed E-state index contributed by atoms with van der Waals surface area (Å²) in [6, 6.07) is 8.81. The Labute approximate surface area is 113 Å². The van der Waals surface area contributed by atoms with Crippen LogP contribution in [0.2, 0.25) is 0 Å². The van der Waals surface area contributed by atoms with Gasteiger partial charge in [0.2, 0.25) is 0 Å². The largest absolute Gasteiger partial charge is 0.464 e. The SMILES string of the molecule is Cn1c(OCC2CCCC2CN)nc2ccccc21. The standard InChI is InChI=1S/C15H21N3O/c1-18-14-8-3-2-7-13(14)17-15(18)19-10-12-6-4-5-11(12)9-16/h2-3,7-8,11-12H,4-6,9-10,16H2,1H3. The predicted molar refractivity (Wildman–Crippen MR) is 76.1 cm³/mol. The molecule has 1 heterocycles. The van der Waals surface area contributed by atoms with Gasteiger partial charge in [-0.1, -0.05) is 18.6 Å². The number of hydrogen-bond donors (Lipinski definition) is 1. The molecule has 2 aromatic rings. The van der Waals surface area contributed by atoms with Crippen LogP contribution in [0.4, 0.5) is 0 Å². The van der Waals surface area contributed by atoms with Crippen molar-refractivity contribution in [2.75, 3.05) is 13.2 Å². The van der Waals surface area contributed by atoms with Crippen LogP contribution >= 0.6 is 0 Å². The Morgan fingerprint density at radius 3 is 2.89 bits per heavy atom. The fourth-order valence-corrected chi connectivity index (χ4v) is 3.08. The van der Waals surface area contributed by atoms with Crippen molar-refractivity contribution in [1.82, 2.24) is 9.55 Å². The van der Waals surface area contributed by atoms with E-state index in [1.54, 1.807) is 0 Å². The molecule has 1 aromatic heterocycles. The minimum Gasteiger partial charge on any atom is -0.464 e. The number of ether oxygens (including phenoxy) is 1. The third kappa shape index (κ3) is 2.32. The third-order valence-corrected chi connectivity index (χ3v) is 4.29. The third-order valence-electron chi connectivity index (χ3n) is 4.29. The number of nitrogens with zero attached hydrogens (tertiary/aromatic N) is 2. The van der Waals surface area contributed by atoms with Gasteiger partial charge >= 0.3 is 0 Å². The van der Waals surface area contributed by atoms with Crippen LogP contribution in [0.25, 0.3) is 11.0 Å². The van der Waals surface area contributed by atoms with E-state index in [0.29, 0.717) is 17.8 Å². The van der Waals surface area contributed by atoms with Gasteiger partial charge in [-0.3, -0.25) is 4.57 Å². The monoisotopic (exact) mass is 259 g/mol. The van der Waals surface area contributed by atoms with Gasteiger partial charge < -0.3 is 10.5 Å². The topological polar surface area (TPSA) is 53.1 Å². The highest BCUT2D eigenvalue weighted by Crippen LogP contribution is 2.31. The van der Waals surface area contributed by atoms with Crippen LogP contribution in [0.3, 0.4) is 0 Å². The van der Waals surface area contributed by atoms with Crippen molar-refractivity contribution < 1.29 is 4.74 Å². The van der Waals surface area contributed by atoms with Crippen molar-refractivity contribution in [1.29, 1.82) is 0 Å². The summed E-state index contributed by atoms with van der Waals surface area (Å²) in [6.45, 7) is 1.51. The first kappa shape index (κ1) is 12.5. The maximum Gasteiger partial charge on any atom is 0.297 e. The Hall–Kier alpha value is -1.55. The van der Waals surface area contributed by atoms with Crippen LogP contribution in [-0.2, 0) is 7.05 Å². The number of benzene rings is 1. The fraction of sp³-hybridized carbons (Fsp3) is 0.533. The van der Waals surface area contributed by atoms with Crippen LogP contribution in [0, 0.1) is 11.8 Å². The Balaban J connectivity index is 1.73. The molecule has 1 aliphatic rings. The fourth-order valence-electron chi connectivity index (χ4n) is 3.08. The van der Waals surface area contributed by atoms with Crippen molar-refractivity contribution in [3.63, 3.8) is 0 Å². The first-order valence-electron chi connectivity index (χ1n) is 7.04. The van der Waals surface area contributed by atoms with Crippen molar-refractivity contribution in [3.05, 3.63) is 24.3 Å². The summed E-state index contributed by atoms with van der Waals surface area (Å²) in [7, 11) is 2.00. The number of fused-ring (bicyclic) bond motifs is 1. The van der Waals surface area contributed by atoms with E-state index < -0.39 is 0 Å². The second kappa shape index (κ2) is 5.21. The number of para-hydroxylation sites is 2. The van der Waals surface area contributed by atoms with E-state index in [1.807, 2.05) is 29.8 Å². The van der Waals surface area contributed by atoms with Gasteiger partial charge in [0.1, 0.15) is 0 Å². The van der Waals surface area contributed by atoms with E-state index >= 15 is 0 Å². The van der Waals surface area contributed by atoms with Crippen molar-refractivity contribution in [2.24, 2.45) is 24.6 Å². The van der Waals surface area contributed by atoms with Crippen LogP contribution < -0.4 is 10.5 Å². The molecule has 2 atom stereocenters. The molecule has 4 nitrogen and oxygen atoms in total. The smallest absolute Gasteiger partial charge is 0.297 e. The minimum atomic E-state index is 0.588. The van der Waals surface area contributed by atoms with E-state index in [-0.39, 0.29) is 0 Å². The van der Waals surface area contributed by atoms with Crippen molar-refractivity contribution >= 4 is 11.0 Å². The molecule has 0 saturated heterocycles. The molecule has 0 spiro atoms. The molecule has 0 aliphatic heterocycles. The number of rotatable bonds is 4. The number of aryl methyl sites for hydroxylation is 1. The number of nitrogens with two attached hydrogens (primary N) is 1. The molecule has 0 bridgehead atoms. The number of aromatic nitrogens is 2. The molecule has 2 N–H and O–H groups in total. The summed E-state index contributed by atoms with van der Waals surface area (Å²) in [6.07, 6.45) is 3.75. The lowest BCUT2D eigenvalue weighted by Crippen LogP contribution is -2.23. The van der Waals surface area contributed by atoms with Crippen molar-refractivity contribution in [2.45, 2.75) is 19.3 Å². The normalized spacial score (nSPS) is 23.1. The van der Waals surface area contributed by atoms with E-state index in [9.17, 15) is 0 Å². The summed E-state index contributed by atoms with van der Waals surface area (Å²) in [5.41, 5.74) is 7.91. The van der Waals surface area contributed by atoms with Gasteiger partial charge in [-0.15, -0.1) is 0 Å². The second-order valence-electron chi connectivity index (χ2n) is 5.44. The zero-order valence-corrected chi connectivity index (χ0v) is 11.4. The van der Waals surface area contributed by atoms with Gasteiger partial charge in [0.25, 0.3) is 6.01 Å². The molecule has 0 amide bonds. The first-order valence-corrected chi connectivity index (χ1v) is 7.04. The van der Waals surface area contributed by atoms with Gasteiger partial charge in [0.05, 0.1) is 17.6 Å². The molecule has 1 saturated carbocycles. The van der Waals surface area contributed by atoms with Gasteiger partial charge in [-0.05, 0) is 43.4 Å². The summed E-state index contributed by atoms with van der Waals surface area (Å²) < 4.78 is 7.95. The van der Waals surface area contributed by atoms with E-state index in [1.165, 1.54) is 19.3 Å². The first-order chi connectivity index (χ1) is 9.29. The quantitative estimate of drug-likeness (QED) is 0.916. The second-order valence-corrected chi connectivity index (χ2v) is 5.44.